The third-order valence-electron chi connectivity index (χ3n) is 2.25. The molecule has 4 nitrogen and oxygen atoms in total. The fraction of sp³-hybridized carbons (Fsp3) is 0.417. The molecule has 6 heteroatoms. The number of ether oxygens (including phenoxy) is 1. The molecule has 0 radical (unpaired) electrons. The van der Waals surface area contributed by atoms with Crippen LogP contribution in [-0.4, -0.2) is 31.4 Å². The van der Waals surface area contributed by atoms with Crippen molar-refractivity contribution in [2.24, 2.45) is 0 Å². The van der Waals surface area contributed by atoms with Crippen molar-refractivity contribution in [2.45, 2.75) is 17.1 Å². The van der Waals surface area contributed by atoms with Gasteiger partial charge in [-0.05, 0) is 25.1 Å². The summed E-state index contributed by atoms with van der Waals surface area (Å²) in [6, 6.07) is 4.15. The highest BCUT2D eigenvalue weighted by atomic mass is 32.2. The number of carbonyl (C=O) groups is 1. The summed E-state index contributed by atoms with van der Waals surface area (Å²) in [5, 5.41) is 2.44. The van der Waals surface area contributed by atoms with E-state index in [1.54, 1.807) is 20.1 Å². The smallest absolute Gasteiger partial charge is 0.233 e. The summed E-state index contributed by atoms with van der Waals surface area (Å²) in [6.07, 6.45) is 0. The first-order valence-corrected chi connectivity index (χ1v) is 6.41. The quantitative estimate of drug-likeness (QED) is 0.469. The maximum Gasteiger partial charge on any atom is 0.233 e. The van der Waals surface area contributed by atoms with Crippen LogP contribution in [0.2, 0.25) is 0 Å². The van der Waals surface area contributed by atoms with Crippen LogP contribution in [0, 0.1) is 5.82 Å². The zero-order chi connectivity index (χ0) is 13.5. The van der Waals surface area contributed by atoms with E-state index >= 15 is 0 Å². The Morgan fingerprint density at radius 3 is 2.94 bits per heavy atom. The lowest BCUT2D eigenvalue weighted by Gasteiger charge is -2.13. The molecule has 0 aliphatic heterocycles. The van der Waals surface area contributed by atoms with Gasteiger partial charge in [0.25, 0.3) is 0 Å². The Morgan fingerprint density at radius 2 is 2.33 bits per heavy atom. The number of halogens is 1. The average Bonchev–Trinajstić information content (AvgIpc) is 2.32. The zero-order valence-corrected chi connectivity index (χ0v) is 11.2. The Labute approximate surface area is 110 Å². The van der Waals surface area contributed by atoms with Crippen LogP contribution < -0.4 is 11.1 Å². The van der Waals surface area contributed by atoms with E-state index in [4.69, 9.17) is 10.5 Å². The van der Waals surface area contributed by atoms with Crippen LogP contribution in [0.15, 0.2) is 23.1 Å². The van der Waals surface area contributed by atoms with Gasteiger partial charge in [0, 0.05) is 24.2 Å². The average molecular weight is 272 g/mol. The highest BCUT2D eigenvalue weighted by Crippen LogP contribution is 2.29. The molecule has 0 heterocycles. The molecule has 0 aromatic heterocycles. The number of nitrogen functional groups attached to an aromatic ring is 1. The predicted molar refractivity (Wildman–Crippen MR) is 71.0 cm³/mol. The molecule has 1 aromatic rings. The molecule has 1 atom stereocenters. The number of benzene rings is 1. The third kappa shape index (κ3) is 4.54. The molecule has 0 bridgehead atoms. The summed E-state index contributed by atoms with van der Waals surface area (Å²) in [7, 11) is 1.57. The SMILES string of the molecule is COCCNC(=O)C(C)Sc1ccc(F)cc1N. The van der Waals surface area contributed by atoms with Crippen LogP contribution in [0.4, 0.5) is 10.1 Å². The number of carbonyl (C=O) groups excluding carboxylic acids is 1. The van der Waals surface area contributed by atoms with Gasteiger partial charge in [0.2, 0.25) is 5.91 Å². The summed E-state index contributed by atoms with van der Waals surface area (Å²) in [6.45, 7) is 2.72. The Bertz CT molecular complexity index is 415. The van der Waals surface area contributed by atoms with Crippen molar-refractivity contribution in [3.8, 4) is 0 Å². The molecule has 0 aliphatic rings. The molecular formula is C12H17FN2O2S. The highest BCUT2D eigenvalue weighted by molar-refractivity contribution is 8.00. The van der Waals surface area contributed by atoms with Gasteiger partial charge in [-0.25, -0.2) is 4.39 Å². The fourth-order valence-electron chi connectivity index (χ4n) is 1.29. The number of anilines is 1. The minimum absolute atomic E-state index is 0.0965. The maximum absolute atomic E-state index is 12.9. The summed E-state index contributed by atoms with van der Waals surface area (Å²) in [5.41, 5.74) is 6.02. The van der Waals surface area contributed by atoms with E-state index in [1.807, 2.05) is 0 Å². The molecule has 0 aliphatic carbocycles. The number of amides is 1. The van der Waals surface area contributed by atoms with Crippen molar-refractivity contribution < 1.29 is 13.9 Å². The predicted octanol–water partition coefficient (Wildman–Crippen LogP) is 1.65. The number of hydrogen-bond acceptors (Lipinski definition) is 4. The summed E-state index contributed by atoms with van der Waals surface area (Å²) < 4.78 is 17.7. The Kier molecular flexibility index (Phi) is 5.94. The zero-order valence-electron chi connectivity index (χ0n) is 10.4. The van der Waals surface area contributed by atoms with Crippen LogP contribution in [0.1, 0.15) is 6.92 Å². The van der Waals surface area contributed by atoms with Gasteiger partial charge in [-0.15, -0.1) is 11.8 Å². The Hall–Kier alpha value is -1.27. The van der Waals surface area contributed by atoms with Crippen molar-refractivity contribution in [1.82, 2.24) is 5.32 Å². The fourth-order valence-corrected chi connectivity index (χ4v) is 2.20. The first kappa shape index (κ1) is 14.8. The largest absolute Gasteiger partial charge is 0.398 e. The molecule has 0 saturated heterocycles. The lowest BCUT2D eigenvalue weighted by molar-refractivity contribution is -0.120. The number of nitrogens with two attached hydrogens (primary N) is 1. The monoisotopic (exact) mass is 272 g/mol. The second kappa shape index (κ2) is 7.23. The molecule has 1 rings (SSSR count). The van der Waals surface area contributed by atoms with Gasteiger partial charge in [0.15, 0.2) is 0 Å². The Morgan fingerprint density at radius 1 is 1.61 bits per heavy atom. The van der Waals surface area contributed by atoms with Gasteiger partial charge in [-0.1, -0.05) is 0 Å². The minimum atomic E-state index is -0.381. The van der Waals surface area contributed by atoms with E-state index in [-0.39, 0.29) is 17.0 Å². The maximum atomic E-state index is 12.9. The standard InChI is InChI=1S/C12H17FN2O2S/c1-8(12(16)15-5-6-17-2)18-11-4-3-9(13)7-10(11)14/h3-4,7-8H,5-6,14H2,1-2H3,(H,15,16). The molecule has 0 fully saturated rings. The molecule has 0 saturated carbocycles. The van der Waals surface area contributed by atoms with Crippen molar-refractivity contribution in [3.63, 3.8) is 0 Å². The van der Waals surface area contributed by atoms with Gasteiger partial charge in [-0.2, -0.15) is 0 Å². The third-order valence-corrected chi connectivity index (χ3v) is 3.44. The number of hydrogen-bond donors (Lipinski definition) is 2. The van der Waals surface area contributed by atoms with Gasteiger partial charge in [-0.3, -0.25) is 4.79 Å². The second-order valence-corrected chi connectivity index (χ2v) is 5.11. The molecule has 1 aromatic carbocycles. The molecule has 1 amide bonds. The summed E-state index contributed by atoms with van der Waals surface area (Å²) in [5.74, 6) is -0.477. The van der Waals surface area contributed by atoms with Gasteiger partial charge in [0.1, 0.15) is 5.82 Å². The van der Waals surface area contributed by atoms with Gasteiger partial charge in [0.05, 0.1) is 11.9 Å². The van der Waals surface area contributed by atoms with E-state index in [9.17, 15) is 9.18 Å². The van der Waals surface area contributed by atoms with E-state index in [0.29, 0.717) is 23.7 Å². The van der Waals surface area contributed by atoms with Crippen molar-refractivity contribution in [3.05, 3.63) is 24.0 Å². The van der Waals surface area contributed by atoms with Gasteiger partial charge < -0.3 is 15.8 Å². The topological polar surface area (TPSA) is 64.3 Å². The van der Waals surface area contributed by atoms with E-state index in [1.165, 1.54) is 23.9 Å². The van der Waals surface area contributed by atoms with Gasteiger partial charge >= 0.3 is 0 Å². The normalized spacial score (nSPS) is 12.2. The van der Waals surface area contributed by atoms with Crippen LogP contribution >= 0.6 is 11.8 Å². The lowest BCUT2D eigenvalue weighted by atomic mass is 10.3. The van der Waals surface area contributed by atoms with Crippen LogP contribution in [-0.2, 0) is 9.53 Å². The number of nitrogens with one attached hydrogen (secondary N) is 1. The van der Waals surface area contributed by atoms with E-state index in [0.717, 1.165) is 0 Å². The number of thioether (sulfide) groups is 1. The second-order valence-electron chi connectivity index (χ2n) is 3.73. The number of methoxy groups -OCH3 is 1. The summed E-state index contributed by atoms with van der Waals surface area (Å²) in [4.78, 5) is 12.4. The van der Waals surface area contributed by atoms with Crippen molar-refractivity contribution >= 4 is 23.4 Å². The van der Waals surface area contributed by atoms with Crippen molar-refractivity contribution in [2.75, 3.05) is 26.0 Å². The lowest BCUT2D eigenvalue weighted by Crippen LogP contribution is -2.33. The first-order chi connectivity index (χ1) is 8.54. The van der Waals surface area contributed by atoms with Crippen molar-refractivity contribution in [1.29, 1.82) is 0 Å². The Balaban J connectivity index is 2.53. The minimum Gasteiger partial charge on any atom is -0.398 e. The molecule has 18 heavy (non-hydrogen) atoms. The van der Waals surface area contributed by atoms with E-state index < -0.39 is 0 Å². The van der Waals surface area contributed by atoms with Crippen LogP contribution in [0.3, 0.4) is 0 Å². The molecule has 100 valence electrons. The molecule has 3 N–H and O–H groups in total. The molecule has 0 spiro atoms. The molecular weight excluding hydrogens is 255 g/mol. The van der Waals surface area contributed by atoms with Crippen LogP contribution in [0.25, 0.3) is 0 Å². The van der Waals surface area contributed by atoms with E-state index in [2.05, 4.69) is 5.32 Å². The number of rotatable bonds is 6. The highest BCUT2D eigenvalue weighted by Gasteiger charge is 2.15. The summed E-state index contributed by atoms with van der Waals surface area (Å²) >= 11 is 1.30. The molecule has 1 unspecified atom stereocenters. The van der Waals surface area contributed by atoms with Crippen LogP contribution in [0.5, 0.6) is 0 Å². The first-order valence-electron chi connectivity index (χ1n) is 5.53.